The van der Waals surface area contributed by atoms with Gasteiger partial charge in [0.25, 0.3) is 0 Å². The molecule has 10 heteroatoms. The van der Waals surface area contributed by atoms with Crippen LogP contribution >= 0.6 is 0 Å². The van der Waals surface area contributed by atoms with Crippen LogP contribution in [-0.2, 0) is 16.0 Å². The normalized spacial score (nSPS) is 16.4. The highest BCUT2D eigenvalue weighted by atomic mass is 16.5. The van der Waals surface area contributed by atoms with Crippen molar-refractivity contribution >= 4 is 17.3 Å². The molecule has 3 aromatic heterocycles. The first-order chi connectivity index (χ1) is 18.7. The molecule has 0 bridgehead atoms. The number of ether oxygens (including phenoxy) is 2. The van der Waals surface area contributed by atoms with Gasteiger partial charge in [-0.25, -0.2) is 9.97 Å². The number of pyridine rings is 1. The van der Waals surface area contributed by atoms with Crippen molar-refractivity contribution < 1.29 is 9.47 Å². The molecule has 4 aromatic rings. The zero-order chi connectivity index (χ0) is 25.7. The van der Waals surface area contributed by atoms with Gasteiger partial charge in [-0.3, -0.25) is 14.6 Å². The zero-order valence-electron chi connectivity index (χ0n) is 21.5. The molecule has 0 saturated carbocycles. The SMILES string of the molecule is COCN1CCN(c2ccc(Nc3nccc(-c4cn(CC5COC5)nc4-c4cccnc4)n3)cc2)CC1. The highest BCUT2D eigenvalue weighted by Crippen LogP contribution is 2.31. The fourth-order valence-electron chi connectivity index (χ4n) is 4.84. The van der Waals surface area contributed by atoms with Gasteiger partial charge in [-0.2, -0.15) is 5.10 Å². The molecule has 2 aliphatic rings. The van der Waals surface area contributed by atoms with E-state index >= 15 is 0 Å². The average molecular weight is 513 g/mol. The molecule has 38 heavy (non-hydrogen) atoms. The topological polar surface area (TPSA) is 93.5 Å². The van der Waals surface area contributed by atoms with E-state index in [4.69, 9.17) is 19.6 Å². The van der Waals surface area contributed by atoms with Crippen molar-refractivity contribution in [3.63, 3.8) is 0 Å². The van der Waals surface area contributed by atoms with Crippen molar-refractivity contribution in [3.8, 4) is 22.5 Å². The van der Waals surface area contributed by atoms with Crippen LogP contribution in [0.2, 0.25) is 0 Å². The van der Waals surface area contributed by atoms with E-state index in [9.17, 15) is 0 Å². The summed E-state index contributed by atoms with van der Waals surface area (Å²) in [5.41, 5.74) is 5.73. The van der Waals surface area contributed by atoms with Gasteiger partial charge in [0, 0.05) is 93.0 Å². The Morgan fingerprint density at radius 2 is 1.87 bits per heavy atom. The van der Waals surface area contributed by atoms with Gasteiger partial charge < -0.3 is 19.7 Å². The molecule has 1 N–H and O–H groups in total. The third-order valence-electron chi connectivity index (χ3n) is 6.95. The maximum atomic E-state index is 5.35. The van der Waals surface area contributed by atoms with Crippen LogP contribution in [0.25, 0.3) is 22.5 Å². The Kier molecular flexibility index (Phi) is 7.25. The lowest BCUT2D eigenvalue weighted by Gasteiger charge is -2.35. The van der Waals surface area contributed by atoms with Gasteiger partial charge in [-0.1, -0.05) is 0 Å². The highest BCUT2D eigenvalue weighted by molar-refractivity contribution is 5.78. The van der Waals surface area contributed by atoms with Crippen molar-refractivity contribution in [3.05, 3.63) is 67.3 Å². The number of piperazine rings is 1. The summed E-state index contributed by atoms with van der Waals surface area (Å²) in [5.74, 6) is 1.03. The van der Waals surface area contributed by atoms with E-state index in [0.717, 1.165) is 74.1 Å². The average Bonchev–Trinajstić information content (AvgIpc) is 3.37. The van der Waals surface area contributed by atoms with Crippen molar-refractivity contribution in [2.75, 3.05) is 63.5 Å². The van der Waals surface area contributed by atoms with Gasteiger partial charge >= 0.3 is 0 Å². The molecule has 0 atom stereocenters. The van der Waals surface area contributed by atoms with Crippen molar-refractivity contribution in [1.82, 2.24) is 29.6 Å². The van der Waals surface area contributed by atoms with E-state index in [1.54, 1.807) is 19.5 Å². The van der Waals surface area contributed by atoms with Gasteiger partial charge in [-0.05, 0) is 42.5 Å². The molecule has 0 amide bonds. The first-order valence-corrected chi connectivity index (χ1v) is 13.0. The molecule has 0 aliphatic carbocycles. The van der Waals surface area contributed by atoms with E-state index in [0.29, 0.717) is 18.6 Å². The molecule has 1 aromatic carbocycles. The number of hydrogen-bond acceptors (Lipinski definition) is 9. The summed E-state index contributed by atoms with van der Waals surface area (Å²) < 4.78 is 12.6. The number of hydrogen-bond donors (Lipinski definition) is 1. The Morgan fingerprint density at radius 3 is 2.58 bits per heavy atom. The monoisotopic (exact) mass is 512 g/mol. The molecule has 2 fully saturated rings. The number of anilines is 3. The highest BCUT2D eigenvalue weighted by Gasteiger charge is 2.22. The Hall–Kier alpha value is -3.86. The van der Waals surface area contributed by atoms with Crippen LogP contribution in [0, 0.1) is 5.92 Å². The summed E-state index contributed by atoms with van der Waals surface area (Å²) in [6.45, 7) is 7.04. The molecule has 0 unspecified atom stereocenters. The van der Waals surface area contributed by atoms with Crippen LogP contribution < -0.4 is 10.2 Å². The number of nitrogens with zero attached hydrogens (tertiary/aromatic N) is 7. The molecule has 6 rings (SSSR count). The van der Waals surface area contributed by atoms with E-state index in [-0.39, 0.29) is 0 Å². The van der Waals surface area contributed by atoms with Crippen LogP contribution in [0.4, 0.5) is 17.3 Å². The quantitative estimate of drug-likeness (QED) is 0.362. The Balaban J connectivity index is 1.19. The van der Waals surface area contributed by atoms with Gasteiger partial charge in [0.15, 0.2) is 0 Å². The Labute approximate surface area is 222 Å². The van der Waals surface area contributed by atoms with E-state index in [2.05, 4.69) is 55.5 Å². The van der Waals surface area contributed by atoms with Crippen LogP contribution in [0.15, 0.2) is 67.3 Å². The summed E-state index contributed by atoms with van der Waals surface area (Å²) in [6.07, 6.45) is 7.45. The van der Waals surface area contributed by atoms with Crippen molar-refractivity contribution in [2.24, 2.45) is 5.92 Å². The predicted octanol–water partition coefficient (Wildman–Crippen LogP) is 3.52. The molecule has 196 valence electrons. The zero-order valence-corrected chi connectivity index (χ0v) is 21.5. The van der Waals surface area contributed by atoms with Crippen LogP contribution in [0.1, 0.15) is 0 Å². The molecule has 0 radical (unpaired) electrons. The third-order valence-corrected chi connectivity index (χ3v) is 6.95. The third kappa shape index (κ3) is 5.52. The molecular weight excluding hydrogens is 480 g/mol. The minimum Gasteiger partial charge on any atom is -0.381 e. The number of rotatable bonds is 9. The lowest BCUT2D eigenvalue weighted by atomic mass is 10.1. The van der Waals surface area contributed by atoms with E-state index in [1.807, 2.05) is 29.1 Å². The first kappa shape index (κ1) is 24.5. The summed E-state index contributed by atoms with van der Waals surface area (Å²) in [4.78, 5) is 18.3. The van der Waals surface area contributed by atoms with Gasteiger partial charge in [-0.15, -0.1) is 0 Å². The lowest BCUT2D eigenvalue weighted by molar-refractivity contribution is -0.0408. The molecule has 2 aliphatic heterocycles. The fraction of sp³-hybridized carbons (Fsp3) is 0.357. The van der Waals surface area contributed by atoms with E-state index < -0.39 is 0 Å². The maximum Gasteiger partial charge on any atom is 0.227 e. The minimum absolute atomic E-state index is 0.490. The van der Waals surface area contributed by atoms with Crippen LogP contribution in [0.5, 0.6) is 0 Å². The number of aromatic nitrogens is 5. The summed E-state index contributed by atoms with van der Waals surface area (Å²) in [7, 11) is 1.75. The molecule has 5 heterocycles. The summed E-state index contributed by atoms with van der Waals surface area (Å²) in [6, 6.07) is 14.3. The molecule has 2 saturated heterocycles. The van der Waals surface area contributed by atoms with Crippen molar-refractivity contribution in [1.29, 1.82) is 0 Å². The minimum atomic E-state index is 0.490. The second-order valence-electron chi connectivity index (χ2n) is 9.72. The summed E-state index contributed by atoms with van der Waals surface area (Å²) >= 11 is 0. The second kappa shape index (κ2) is 11.3. The standard InChI is InChI=1S/C28H32N8O2/c1-37-20-34-11-13-35(14-12-34)24-6-4-23(5-7-24)31-28-30-10-8-26(32-28)25-17-36(16-21-18-38-19-21)33-27(25)22-3-2-9-29-15-22/h2-10,15,17,21H,11-14,16,18-20H2,1H3,(H,30,31,32). The number of methoxy groups -OCH3 is 1. The molecular formula is C28H32N8O2. The van der Waals surface area contributed by atoms with Gasteiger partial charge in [0.05, 0.1) is 25.6 Å². The maximum absolute atomic E-state index is 5.35. The predicted molar refractivity (Wildman–Crippen MR) is 146 cm³/mol. The summed E-state index contributed by atoms with van der Waals surface area (Å²) in [5, 5.41) is 8.25. The van der Waals surface area contributed by atoms with Gasteiger partial charge in [0.2, 0.25) is 5.95 Å². The second-order valence-corrected chi connectivity index (χ2v) is 9.72. The lowest BCUT2D eigenvalue weighted by Crippen LogP contribution is -2.46. The first-order valence-electron chi connectivity index (χ1n) is 13.0. The molecule has 10 nitrogen and oxygen atoms in total. The number of nitrogens with one attached hydrogen (secondary N) is 1. The Morgan fingerprint density at radius 1 is 1.03 bits per heavy atom. The smallest absolute Gasteiger partial charge is 0.227 e. The molecule has 0 spiro atoms. The Bertz CT molecular complexity index is 1330. The van der Waals surface area contributed by atoms with Crippen LogP contribution in [-0.4, -0.2) is 82.9 Å². The van der Waals surface area contributed by atoms with Crippen LogP contribution in [0.3, 0.4) is 0 Å². The number of benzene rings is 1. The van der Waals surface area contributed by atoms with E-state index in [1.165, 1.54) is 5.69 Å². The fourth-order valence-corrected chi connectivity index (χ4v) is 4.84. The van der Waals surface area contributed by atoms with Crippen molar-refractivity contribution in [2.45, 2.75) is 6.54 Å². The van der Waals surface area contributed by atoms with Gasteiger partial charge in [0.1, 0.15) is 5.69 Å². The largest absolute Gasteiger partial charge is 0.381 e.